The maximum atomic E-state index is 6.15. The van der Waals surface area contributed by atoms with Crippen molar-refractivity contribution in [3.63, 3.8) is 0 Å². The van der Waals surface area contributed by atoms with Crippen molar-refractivity contribution in [1.82, 2.24) is 0 Å². The lowest BCUT2D eigenvalue weighted by Crippen LogP contribution is -1.83. The third-order valence-corrected chi connectivity index (χ3v) is 3.25. The Morgan fingerprint density at radius 3 is 2.36 bits per heavy atom. The van der Waals surface area contributed by atoms with Gasteiger partial charge in [-0.2, -0.15) is 0 Å². The van der Waals surface area contributed by atoms with Gasteiger partial charge < -0.3 is 0 Å². The highest BCUT2D eigenvalue weighted by Crippen LogP contribution is 2.44. The Bertz CT molecular complexity index is 484. The van der Waals surface area contributed by atoms with E-state index in [1.165, 1.54) is 29.2 Å². The smallest absolute Gasteiger partial charge is 0.0484 e. The summed E-state index contributed by atoms with van der Waals surface area (Å²) in [5, 5.41) is 3.39. The van der Waals surface area contributed by atoms with E-state index in [9.17, 15) is 0 Å². The fraction of sp³-hybridized carbons (Fsp3) is 0.231. The molecule has 0 unspecified atom stereocenters. The minimum absolute atomic E-state index is 0.789. The second-order valence-electron chi connectivity index (χ2n) is 3.96. The molecule has 0 bridgehead atoms. The van der Waals surface area contributed by atoms with Crippen LogP contribution in [0.3, 0.4) is 0 Å². The van der Waals surface area contributed by atoms with E-state index in [0.29, 0.717) is 0 Å². The van der Waals surface area contributed by atoms with E-state index >= 15 is 0 Å². The van der Waals surface area contributed by atoms with Crippen molar-refractivity contribution in [2.75, 3.05) is 0 Å². The lowest BCUT2D eigenvalue weighted by Gasteiger charge is -2.06. The first-order valence-corrected chi connectivity index (χ1v) is 5.41. The predicted octanol–water partition coefficient (Wildman–Crippen LogP) is 4.37. The molecule has 2 aromatic carbocycles. The lowest BCUT2D eigenvalue weighted by atomic mass is 10.0. The van der Waals surface area contributed by atoms with Crippen LogP contribution in [0.5, 0.6) is 0 Å². The molecule has 0 spiro atoms. The van der Waals surface area contributed by atoms with Crippen LogP contribution in [-0.4, -0.2) is 0 Å². The monoisotopic (exact) mass is 202 g/mol. The summed E-state index contributed by atoms with van der Waals surface area (Å²) in [6.45, 7) is 0. The Labute approximate surface area is 88.5 Å². The molecule has 1 fully saturated rings. The molecule has 0 radical (unpaired) electrons. The summed E-state index contributed by atoms with van der Waals surface area (Å²) in [7, 11) is 0. The summed E-state index contributed by atoms with van der Waals surface area (Å²) in [5.74, 6) is 0.789. The zero-order valence-corrected chi connectivity index (χ0v) is 8.59. The molecule has 1 aliphatic rings. The standard InChI is InChI=1S/C13H11Cl/c14-13-8-7-10(9-5-6-9)11-3-1-2-4-12(11)13/h1-4,7-9H,5-6H2. The first-order chi connectivity index (χ1) is 6.86. The molecule has 0 aromatic heterocycles. The van der Waals surface area contributed by atoms with Gasteiger partial charge in [-0.25, -0.2) is 0 Å². The quantitative estimate of drug-likeness (QED) is 0.644. The Kier molecular flexibility index (Phi) is 1.78. The molecule has 0 nitrogen and oxygen atoms in total. The molecule has 0 amide bonds. The molecule has 0 aliphatic heterocycles. The van der Waals surface area contributed by atoms with Gasteiger partial charge in [-0.15, -0.1) is 0 Å². The van der Waals surface area contributed by atoms with Crippen LogP contribution >= 0.6 is 11.6 Å². The molecule has 0 saturated heterocycles. The number of hydrogen-bond donors (Lipinski definition) is 0. The van der Waals surface area contributed by atoms with E-state index in [0.717, 1.165) is 10.9 Å². The Morgan fingerprint density at radius 1 is 0.929 bits per heavy atom. The van der Waals surface area contributed by atoms with E-state index in [1.807, 2.05) is 12.1 Å². The Hall–Kier alpha value is -1.01. The van der Waals surface area contributed by atoms with Gasteiger partial charge in [0.05, 0.1) is 0 Å². The normalized spacial score (nSPS) is 16.1. The van der Waals surface area contributed by atoms with Crippen molar-refractivity contribution >= 4 is 22.4 Å². The lowest BCUT2D eigenvalue weighted by molar-refractivity contribution is 1.15. The summed E-state index contributed by atoms with van der Waals surface area (Å²) in [4.78, 5) is 0. The van der Waals surface area contributed by atoms with E-state index in [-0.39, 0.29) is 0 Å². The molecule has 0 heterocycles. The molecule has 14 heavy (non-hydrogen) atoms. The summed E-state index contributed by atoms with van der Waals surface area (Å²) in [5.41, 5.74) is 1.48. The number of halogens is 1. The molecule has 3 rings (SSSR count). The van der Waals surface area contributed by atoms with Gasteiger partial charge in [0.25, 0.3) is 0 Å². The van der Waals surface area contributed by atoms with Crippen molar-refractivity contribution in [2.45, 2.75) is 18.8 Å². The highest BCUT2D eigenvalue weighted by atomic mass is 35.5. The third-order valence-electron chi connectivity index (χ3n) is 2.92. The summed E-state index contributed by atoms with van der Waals surface area (Å²) in [6.07, 6.45) is 2.68. The minimum Gasteiger partial charge on any atom is -0.0837 e. The van der Waals surface area contributed by atoms with Crippen LogP contribution in [0.15, 0.2) is 36.4 Å². The molecule has 2 aromatic rings. The predicted molar refractivity (Wildman–Crippen MR) is 60.9 cm³/mol. The van der Waals surface area contributed by atoms with Crippen LogP contribution in [0.4, 0.5) is 0 Å². The van der Waals surface area contributed by atoms with Gasteiger partial charge >= 0.3 is 0 Å². The van der Waals surface area contributed by atoms with Crippen LogP contribution in [0.2, 0.25) is 5.02 Å². The minimum atomic E-state index is 0.789. The van der Waals surface area contributed by atoms with Crippen molar-refractivity contribution in [3.8, 4) is 0 Å². The van der Waals surface area contributed by atoms with Gasteiger partial charge in [0.1, 0.15) is 0 Å². The molecule has 1 saturated carbocycles. The first-order valence-electron chi connectivity index (χ1n) is 5.03. The summed E-state index contributed by atoms with van der Waals surface area (Å²) in [6, 6.07) is 12.6. The first kappa shape index (κ1) is 8.31. The van der Waals surface area contributed by atoms with Crippen molar-refractivity contribution < 1.29 is 0 Å². The second-order valence-corrected chi connectivity index (χ2v) is 4.36. The van der Waals surface area contributed by atoms with Crippen LogP contribution in [0.1, 0.15) is 24.3 Å². The van der Waals surface area contributed by atoms with Crippen LogP contribution < -0.4 is 0 Å². The maximum Gasteiger partial charge on any atom is 0.0484 e. The fourth-order valence-electron chi connectivity index (χ4n) is 2.04. The summed E-state index contributed by atoms with van der Waals surface area (Å²) >= 11 is 6.15. The van der Waals surface area contributed by atoms with Crippen LogP contribution in [0.25, 0.3) is 10.8 Å². The second kappa shape index (κ2) is 2.99. The average molecular weight is 203 g/mol. The number of benzene rings is 2. The van der Waals surface area contributed by atoms with E-state index in [2.05, 4.69) is 24.3 Å². The van der Waals surface area contributed by atoms with Crippen LogP contribution in [-0.2, 0) is 0 Å². The van der Waals surface area contributed by atoms with Gasteiger partial charge in [-0.1, -0.05) is 41.9 Å². The Morgan fingerprint density at radius 2 is 1.64 bits per heavy atom. The average Bonchev–Trinajstić information content (AvgIpc) is 3.03. The number of hydrogen-bond acceptors (Lipinski definition) is 0. The highest BCUT2D eigenvalue weighted by Gasteiger charge is 2.25. The SMILES string of the molecule is Clc1ccc(C2CC2)c2ccccc12. The fourth-order valence-corrected chi connectivity index (χ4v) is 2.26. The van der Waals surface area contributed by atoms with Gasteiger partial charge in [0.15, 0.2) is 0 Å². The number of rotatable bonds is 1. The van der Waals surface area contributed by atoms with E-state index in [4.69, 9.17) is 11.6 Å². The zero-order valence-electron chi connectivity index (χ0n) is 7.83. The molecular weight excluding hydrogens is 192 g/mol. The maximum absolute atomic E-state index is 6.15. The number of fused-ring (bicyclic) bond motifs is 1. The van der Waals surface area contributed by atoms with Gasteiger partial charge in [-0.3, -0.25) is 0 Å². The Balaban J connectivity index is 2.35. The van der Waals surface area contributed by atoms with Gasteiger partial charge in [0.2, 0.25) is 0 Å². The van der Waals surface area contributed by atoms with Crippen molar-refractivity contribution in [2.24, 2.45) is 0 Å². The summed E-state index contributed by atoms with van der Waals surface area (Å²) < 4.78 is 0. The van der Waals surface area contributed by atoms with Gasteiger partial charge in [-0.05, 0) is 35.8 Å². The zero-order chi connectivity index (χ0) is 9.54. The van der Waals surface area contributed by atoms with E-state index in [1.54, 1.807) is 0 Å². The molecule has 0 atom stereocenters. The van der Waals surface area contributed by atoms with Crippen molar-refractivity contribution in [3.05, 3.63) is 47.0 Å². The largest absolute Gasteiger partial charge is 0.0837 e. The third kappa shape index (κ3) is 1.22. The topological polar surface area (TPSA) is 0 Å². The molecule has 70 valence electrons. The van der Waals surface area contributed by atoms with E-state index < -0.39 is 0 Å². The van der Waals surface area contributed by atoms with Crippen LogP contribution in [0, 0.1) is 0 Å². The van der Waals surface area contributed by atoms with Gasteiger partial charge in [0, 0.05) is 10.4 Å². The van der Waals surface area contributed by atoms with Crippen molar-refractivity contribution in [1.29, 1.82) is 0 Å². The molecule has 1 aliphatic carbocycles. The molecule has 0 N–H and O–H groups in total. The molecular formula is C13H11Cl. The highest BCUT2D eigenvalue weighted by molar-refractivity contribution is 6.35. The molecule has 1 heteroatoms.